The molecule has 0 aliphatic rings. The maximum Gasteiger partial charge on any atom is 0.307 e. The summed E-state index contributed by atoms with van der Waals surface area (Å²) in [4.78, 5) is 29.5. The molecule has 2 aromatic rings. The average molecular weight is 382 g/mol. The molecule has 1 N–H and O–H groups in total. The topological polar surface area (TPSA) is 176 Å². The molecule has 136 valence electrons. The van der Waals surface area contributed by atoms with E-state index in [2.05, 4.69) is 0 Å². The number of nitrogens with zero attached hydrogens (tertiary/aromatic N) is 3. The number of anilines is 1. The van der Waals surface area contributed by atoms with Crippen molar-refractivity contribution in [3.8, 4) is 0 Å². The molecule has 0 aromatic heterocycles. The van der Waals surface area contributed by atoms with Gasteiger partial charge < -0.3 is 0 Å². The van der Waals surface area contributed by atoms with Gasteiger partial charge in [-0.3, -0.25) is 35.1 Å². The van der Waals surface area contributed by atoms with Gasteiger partial charge in [-0.2, -0.15) is 0 Å². The summed E-state index contributed by atoms with van der Waals surface area (Å²) in [6.45, 7) is 1.70. The highest BCUT2D eigenvalue weighted by atomic mass is 32.2. The second-order valence-corrected chi connectivity index (χ2v) is 6.73. The fraction of sp³-hybridized carbons (Fsp3) is 0.0769. The number of non-ortho nitro benzene ring substituents is 1. The summed E-state index contributed by atoms with van der Waals surface area (Å²) >= 11 is 0. The number of nitro benzene ring substituents is 3. The molecule has 0 unspecified atom stereocenters. The molecule has 0 fully saturated rings. The molecule has 12 nitrogen and oxygen atoms in total. The van der Waals surface area contributed by atoms with Crippen LogP contribution in [0.3, 0.4) is 0 Å². The van der Waals surface area contributed by atoms with Gasteiger partial charge in [-0.25, -0.2) is 8.42 Å². The number of nitro groups is 3. The van der Waals surface area contributed by atoms with Gasteiger partial charge in [0.05, 0.1) is 31.8 Å². The van der Waals surface area contributed by atoms with Gasteiger partial charge in [0, 0.05) is 0 Å². The van der Waals surface area contributed by atoms with Crippen molar-refractivity contribution in [3.63, 3.8) is 0 Å². The first kappa shape index (κ1) is 18.7. The van der Waals surface area contributed by atoms with Crippen LogP contribution in [0.5, 0.6) is 0 Å². The molecule has 0 saturated heterocycles. The molecule has 0 aliphatic carbocycles. The minimum atomic E-state index is -4.40. The molecule has 2 aromatic carbocycles. The van der Waals surface area contributed by atoms with Crippen molar-refractivity contribution < 1.29 is 23.2 Å². The van der Waals surface area contributed by atoms with E-state index in [1.807, 2.05) is 0 Å². The predicted molar refractivity (Wildman–Crippen MR) is 88.4 cm³/mol. The lowest BCUT2D eigenvalue weighted by Crippen LogP contribution is -2.15. The third-order valence-corrected chi connectivity index (χ3v) is 4.62. The lowest BCUT2D eigenvalue weighted by atomic mass is 10.2. The first-order valence-corrected chi connectivity index (χ1v) is 8.22. The van der Waals surface area contributed by atoms with Gasteiger partial charge in [0.1, 0.15) is 0 Å². The standard InChI is InChI=1S/C13H10N4O8S/c1-8-2-4-10(5-3-8)26(24,25)14-13-11(16(20)21)6-9(15(18)19)7-12(13)17(22)23/h2-7,14H,1H3. The third kappa shape index (κ3) is 3.72. The number of aryl methyl sites for hydroxylation is 1. The van der Waals surface area contributed by atoms with E-state index in [0.717, 1.165) is 5.56 Å². The summed E-state index contributed by atoms with van der Waals surface area (Å²) in [5, 5.41) is 33.2. The van der Waals surface area contributed by atoms with Crippen LogP contribution in [0, 0.1) is 37.3 Å². The highest BCUT2D eigenvalue weighted by Crippen LogP contribution is 2.39. The number of hydrogen-bond acceptors (Lipinski definition) is 8. The normalized spacial score (nSPS) is 11.0. The first-order valence-electron chi connectivity index (χ1n) is 6.73. The van der Waals surface area contributed by atoms with Crippen molar-refractivity contribution in [3.05, 3.63) is 72.3 Å². The number of rotatable bonds is 6. The Labute approximate surface area is 145 Å². The van der Waals surface area contributed by atoms with Crippen molar-refractivity contribution >= 4 is 32.8 Å². The maximum atomic E-state index is 12.4. The summed E-state index contributed by atoms with van der Waals surface area (Å²) in [6, 6.07) is 6.24. The minimum Gasteiger partial charge on any atom is -0.267 e. The maximum absolute atomic E-state index is 12.4. The van der Waals surface area contributed by atoms with Gasteiger partial charge in [-0.05, 0) is 19.1 Å². The van der Waals surface area contributed by atoms with E-state index < -0.39 is 47.5 Å². The zero-order valence-corrected chi connectivity index (χ0v) is 13.8. The van der Waals surface area contributed by atoms with Crippen molar-refractivity contribution in [1.82, 2.24) is 0 Å². The summed E-state index contributed by atoms with van der Waals surface area (Å²) < 4.78 is 26.6. The van der Waals surface area contributed by atoms with E-state index in [9.17, 15) is 38.8 Å². The molecule has 0 aliphatic heterocycles. The van der Waals surface area contributed by atoms with Crippen LogP contribution in [-0.4, -0.2) is 23.2 Å². The molecule has 0 atom stereocenters. The molecule has 0 bridgehead atoms. The van der Waals surface area contributed by atoms with E-state index >= 15 is 0 Å². The molecule has 0 heterocycles. The van der Waals surface area contributed by atoms with Crippen LogP contribution in [0.15, 0.2) is 41.3 Å². The molecule has 26 heavy (non-hydrogen) atoms. The Morgan fingerprint density at radius 1 is 0.846 bits per heavy atom. The monoisotopic (exact) mass is 382 g/mol. The van der Waals surface area contributed by atoms with Gasteiger partial charge >= 0.3 is 11.4 Å². The lowest BCUT2D eigenvalue weighted by Gasteiger charge is -2.09. The Morgan fingerprint density at radius 3 is 1.69 bits per heavy atom. The molecule has 0 radical (unpaired) electrons. The van der Waals surface area contributed by atoms with E-state index in [1.54, 1.807) is 11.6 Å². The van der Waals surface area contributed by atoms with Gasteiger partial charge in [0.15, 0.2) is 0 Å². The zero-order chi connectivity index (χ0) is 19.6. The lowest BCUT2D eigenvalue weighted by molar-refractivity contribution is -0.401. The molecule has 13 heteroatoms. The molecule has 0 spiro atoms. The second-order valence-electron chi connectivity index (χ2n) is 5.05. The molecular formula is C13H10N4O8S. The van der Waals surface area contributed by atoms with E-state index in [0.29, 0.717) is 12.1 Å². The number of hydrogen-bond donors (Lipinski definition) is 1. The van der Waals surface area contributed by atoms with Crippen LogP contribution < -0.4 is 4.72 Å². The Kier molecular flexibility index (Phi) is 4.84. The van der Waals surface area contributed by atoms with Crippen molar-refractivity contribution in [2.75, 3.05) is 4.72 Å². The van der Waals surface area contributed by atoms with Crippen LogP contribution >= 0.6 is 0 Å². The third-order valence-electron chi connectivity index (χ3n) is 3.25. The molecule has 0 saturated carbocycles. The smallest absolute Gasteiger partial charge is 0.267 e. The largest absolute Gasteiger partial charge is 0.307 e. The summed E-state index contributed by atoms with van der Waals surface area (Å²) in [5.41, 5.74) is -3.35. The predicted octanol–water partition coefficient (Wildman–Crippen LogP) is 2.52. The Morgan fingerprint density at radius 2 is 1.31 bits per heavy atom. The highest BCUT2D eigenvalue weighted by Gasteiger charge is 2.33. The van der Waals surface area contributed by atoms with Gasteiger partial charge in [0.25, 0.3) is 15.7 Å². The molecule has 2 rings (SSSR count). The highest BCUT2D eigenvalue weighted by molar-refractivity contribution is 7.92. The number of benzene rings is 2. The fourth-order valence-corrected chi connectivity index (χ4v) is 3.10. The summed E-state index contributed by atoms with van der Waals surface area (Å²) in [7, 11) is -4.40. The molecular weight excluding hydrogens is 372 g/mol. The van der Waals surface area contributed by atoms with E-state index in [4.69, 9.17) is 0 Å². The van der Waals surface area contributed by atoms with Gasteiger partial charge in [-0.15, -0.1) is 0 Å². The zero-order valence-electron chi connectivity index (χ0n) is 13.0. The van der Waals surface area contributed by atoms with Crippen LogP contribution in [-0.2, 0) is 10.0 Å². The van der Waals surface area contributed by atoms with Gasteiger partial charge in [0.2, 0.25) is 5.69 Å². The van der Waals surface area contributed by atoms with E-state index in [-0.39, 0.29) is 4.90 Å². The quantitative estimate of drug-likeness (QED) is 0.585. The van der Waals surface area contributed by atoms with Crippen molar-refractivity contribution in [1.29, 1.82) is 0 Å². The van der Waals surface area contributed by atoms with Gasteiger partial charge in [-0.1, -0.05) is 17.7 Å². The van der Waals surface area contributed by atoms with Crippen LogP contribution in [0.1, 0.15) is 5.56 Å². The number of nitrogens with one attached hydrogen (secondary N) is 1. The minimum absolute atomic E-state index is 0.287. The molecule has 0 amide bonds. The van der Waals surface area contributed by atoms with Crippen LogP contribution in [0.4, 0.5) is 22.7 Å². The number of sulfonamides is 1. The van der Waals surface area contributed by atoms with Crippen LogP contribution in [0.2, 0.25) is 0 Å². The SMILES string of the molecule is Cc1ccc(S(=O)(=O)Nc2c([N+](=O)[O-])cc([N+](=O)[O-])cc2[N+](=O)[O-])cc1. The van der Waals surface area contributed by atoms with Crippen molar-refractivity contribution in [2.24, 2.45) is 0 Å². The Hall–Kier alpha value is -3.61. The summed E-state index contributed by atoms with van der Waals surface area (Å²) in [5.74, 6) is 0. The Bertz CT molecular complexity index is 982. The summed E-state index contributed by atoms with van der Waals surface area (Å²) in [6.07, 6.45) is 0. The van der Waals surface area contributed by atoms with Crippen LogP contribution in [0.25, 0.3) is 0 Å². The Balaban J connectivity index is 2.67. The van der Waals surface area contributed by atoms with E-state index in [1.165, 1.54) is 24.3 Å². The average Bonchev–Trinajstić information content (AvgIpc) is 2.54. The first-order chi connectivity index (χ1) is 12.0. The van der Waals surface area contributed by atoms with Crippen molar-refractivity contribution in [2.45, 2.75) is 11.8 Å². The second kappa shape index (κ2) is 6.72. The fourth-order valence-electron chi connectivity index (χ4n) is 2.01.